The SMILES string of the molecule is CC(C)[C@H](N)C(=O)NCC(=O)Nc1ccc(Sc2nncs2)c(Cl)c1. The largest absolute Gasteiger partial charge is 0.346 e. The fourth-order valence-electron chi connectivity index (χ4n) is 1.76. The lowest BCUT2D eigenvalue weighted by Crippen LogP contribution is -2.46. The topological polar surface area (TPSA) is 110 Å². The first kappa shape index (κ1) is 19.6. The fraction of sp³-hybridized carbons (Fsp3) is 0.333. The fourth-order valence-corrected chi connectivity index (χ4v) is 3.49. The second-order valence-electron chi connectivity index (χ2n) is 5.49. The van der Waals surface area contributed by atoms with Crippen LogP contribution in [0.25, 0.3) is 0 Å². The number of aromatic nitrogens is 2. The average Bonchev–Trinajstić information content (AvgIpc) is 3.07. The molecule has 1 atom stereocenters. The maximum absolute atomic E-state index is 11.9. The summed E-state index contributed by atoms with van der Waals surface area (Å²) in [5, 5.41) is 13.4. The smallest absolute Gasteiger partial charge is 0.243 e. The molecule has 2 amide bonds. The summed E-state index contributed by atoms with van der Waals surface area (Å²) in [5.41, 5.74) is 7.90. The summed E-state index contributed by atoms with van der Waals surface area (Å²) >= 11 is 9.05. The lowest BCUT2D eigenvalue weighted by Gasteiger charge is -2.15. The van der Waals surface area contributed by atoms with Gasteiger partial charge >= 0.3 is 0 Å². The van der Waals surface area contributed by atoms with Crippen LogP contribution in [-0.4, -0.2) is 34.6 Å². The van der Waals surface area contributed by atoms with Crippen molar-refractivity contribution in [2.75, 3.05) is 11.9 Å². The molecule has 10 heteroatoms. The molecule has 25 heavy (non-hydrogen) atoms. The van der Waals surface area contributed by atoms with E-state index in [0.717, 1.165) is 9.24 Å². The molecule has 2 rings (SSSR count). The normalized spacial score (nSPS) is 12.0. The summed E-state index contributed by atoms with van der Waals surface area (Å²) in [7, 11) is 0. The zero-order valence-corrected chi connectivity index (χ0v) is 16.0. The first-order valence-electron chi connectivity index (χ1n) is 7.43. The lowest BCUT2D eigenvalue weighted by atomic mass is 10.1. The predicted octanol–water partition coefficient (Wildman–Crippen LogP) is 2.38. The van der Waals surface area contributed by atoms with Gasteiger partial charge in [0.15, 0.2) is 4.34 Å². The second-order valence-corrected chi connectivity index (χ2v) is 8.02. The number of carbonyl (C=O) groups is 2. The standard InChI is InChI=1S/C15H18ClN5O2S2/c1-8(2)13(17)14(23)18-6-12(22)20-9-3-4-11(10(16)5-9)25-15-21-19-7-24-15/h3-5,7-8,13H,6,17H2,1-2H3,(H,18,23)(H,20,22)/t13-/m0/s1. The Hall–Kier alpha value is -1.68. The van der Waals surface area contributed by atoms with Gasteiger partial charge in [-0.2, -0.15) is 0 Å². The monoisotopic (exact) mass is 399 g/mol. The number of benzene rings is 1. The van der Waals surface area contributed by atoms with Gasteiger partial charge in [-0.05, 0) is 24.1 Å². The Labute approximate surface area is 158 Å². The highest BCUT2D eigenvalue weighted by Crippen LogP contribution is 2.35. The number of amides is 2. The number of nitrogens with zero attached hydrogens (tertiary/aromatic N) is 2. The highest BCUT2D eigenvalue weighted by atomic mass is 35.5. The maximum Gasteiger partial charge on any atom is 0.243 e. The van der Waals surface area contributed by atoms with Gasteiger partial charge in [0.2, 0.25) is 11.8 Å². The van der Waals surface area contributed by atoms with Gasteiger partial charge in [0.25, 0.3) is 0 Å². The maximum atomic E-state index is 11.9. The van der Waals surface area contributed by atoms with Crippen molar-refractivity contribution in [3.8, 4) is 0 Å². The Bertz CT molecular complexity index is 740. The quantitative estimate of drug-likeness (QED) is 0.659. The number of hydrogen-bond acceptors (Lipinski definition) is 7. The second kappa shape index (κ2) is 9.14. The minimum absolute atomic E-state index is 0.0000487. The highest BCUT2D eigenvalue weighted by Gasteiger charge is 2.17. The van der Waals surface area contributed by atoms with Crippen LogP contribution in [0.3, 0.4) is 0 Å². The molecular formula is C15H18ClN5O2S2. The van der Waals surface area contributed by atoms with E-state index in [-0.39, 0.29) is 24.3 Å². The molecule has 134 valence electrons. The molecular weight excluding hydrogens is 382 g/mol. The van der Waals surface area contributed by atoms with Crippen molar-refractivity contribution in [2.24, 2.45) is 11.7 Å². The highest BCUT2D eigenvalue weighted by molar-refractivity contribution is 8.01. The van der Waals surface area contributed by atoms with Crippen LogP contribution in [0.1, 0.15) is 13.8 Å². The van der Waals surface area contributed by atoms with Gasteiger partial charge in [-0.3, -0.25) is 9.59 Å². The first-order valence-corrected chi connectivity index (χ1v) is 9.51. The van der Waals surface area contributed by atoms with Gasteiger partial charge in [-0.25, -0.2) is 0 Å². The summed E-state index contributed by atoms with van der Waals surface area (Å²) in [4.78, 5) is 24.5. The van der Waals surface area contributed by atoms with Crippen molar-refractivity contribution in [1.29, 1.82) is 0 Å². The number of hydrogen-bond donors (Lipinski definition) is 3. The number of rotatable bonds is 7. The average molecular weight is 400 g/mol. The molecule has 1 heterocycles. The van der Waals surface area contributed by atoms with Crippen molar-refractivity contribution in [3.05, 3.63) is 28.7 Å². The van der Waals surface area contributed by atoms with Crippen LogP contribution in [-0.2, 0) is 9.59 Å². The molecule has 0 aliphatic carbocycles. The molecule has 0 saturated heterocycles. The molecule has 0 aliphatic rings. The molecule has 0 radical (unpaired) electrons. The van der Waals surface area contributed by atoms with E-state index < -0.39 is 6.04 Å². The van der Waals surface area contributed by atoms with Crippen LogP contribution < -0.4 is 16.4 Å². The number of nitrogens with one attached hydrogen (secondary N) is 2. The Morgan fingerprint density at radius 1 is 1.40 bits per heavy atom. The summed E-state index contributed by atoms with van der Waals surface area (Å²) in [6, 6.07) is 4.52. The van der Waals surface area contributed by atoms with Crippen molar-refractivity contribution in [3.63, 3.8) is 0 Å². The molecule has 1 aromatic carbocycles. The van der Waals surface area contributed by atoms with Crippen molar-refractivity contribution in [2.45, 2.75) is 29.1 Å². The number of halogens is 1. The van der Waals surface area contributed by atoms with Crippen molar-refractivity contribution < 1.29 is 9.59 Å². The van der Waals surface area contributed by atoms with Gasteiger partial charge < -0.3 is 16.4 Å². The number of anilines is 1. The van der Waals surface area contributed by atoms with E-state index in [9.17, 15) is 9.59 Å². The van der Waals surface area contributed by atoms with Gasteiger partial charge in [0.1, 0.15) is 5.51 Å². The summed E-state index contributed by atoms with van der Waals surface area (Å²) in [6.07, 6.45) is 0. The van der Waals surface area contributed by atoms with Crippen LogP contribution in [0.15, 0.2) is 32.9 Å². The molecule has 1 aromatic heterocycles. The van der Waals surface area contributed by atoms with Crippen LogP contribution in [0.4, 0.5) is 5.69 Å². The van der Waals surface area contributed by atoms with Crippen molar-refractivity contribution in [1.82, 2.24) is 15.5 Å². The molecule has 0 fully saturated rings. The van der Waals surface area contributed by atoms with Gasteiger partial charge in [-0.1, -0.05) is 48.5 Å². The van der Waals surface area contributed by atoms with Gasteiger partial charge in [-0.15, -0.1) is 10.2 Å². The Balaban J connectivity index is 1.88. The third-order valence-electron chi connectivity index (χ3n) is 3.20. The van der Waals surface area contributed by atoms with Gasteiger partial charge in [0.05, 0.1) is 17.6 Å². The van der Waals surface area contributed by atoms with E-state index in [0.29, 0.717) is 10.7 Å². The molecule has 4 N–H and O–H groups in total. The summed E-state index contributed by atoms with van der Waals surface area (Å²) < 4.78 is 0.780. The first-order chi connectivity index (χ1) is 11.9. The third-order valence-corrected chi connectivity index (χ3v) is 5.48. The molecule has 0 saturated carbocycles. The Morgan fingerprint density at radius 3 is 2.76 bits per heavy atom. The van der Waals surface area contributed by atoms with E-state index in [2.05, 4.69) is 20.8 Å². The van der Waals surface area contributed by atoms with E-state index >= 15 is 0 Å². The zero-order chi connectivity index (χ0) is 18.4. The van der Waals surface area contributed by atoms with E-state index in [4.69, 9.17) is 17.3 Å². The van der Waals surface area contributed by atoms with Crippen molar-refractivity contribution >= 4 is 52.2 Å². The molecule has 7 nitrogen and oxygen atoms in total. The van der Waals surface area contributed by atoms with E-state index in [1.807, 2.05) is 13.8 Å². The van der Waals surface area contributed by atoms with Crippen LogP contribution in [0, 0.1) is 5.92 Å². The van der Waals surface area contributed by atoms with Crippen LogP contribution in [0.2, 0.25) is 5.02 Å². The molecule has 2 aromatic rings. The number of carbonyl (C=O) groups excluding carboxylic acids is 2. The minimum atomic E-state index is -0.640. The van der Waals surface area contributed by atoms with E-state index in [1.54, 1.807) is 23.7 Å². The third kappa shape index (κ3) is 5.96. The molecule has 0 bridgehead atoms. The Morgan fingerprint density at radius 2 is 2.16 bits per heavy atom. The molecule has 0 unspecified atom stereocenters. The van der Waals surface area contributed by atoms with Crippen LogP contribution >= 0.6 is 34.7 Å². The summed E-state index contributed by atoms with van der Waals surface area (Å²) in [5.74, 6) is -0.711. The lowest BCUT2D eigenvalue weighted by molar-refractivity contribution is -0.125. The minimum Gasteiger partial charge on any atom is -0.346 e. The Kier molecular flexibility index (Phi) is 7.18. The van der Waals surface area contributed by atoms with Crippen LogP contribution in [0.5, 0.6) is 0 Å². The predicted molar refractivity (Wildman–Crippen MR) is 99.9 cm³/mol. The summed E-state index contributed by atoms with van der Waals surface area (Å²) in [6.45, 7) is 3.53. The molecule has 0 spiro atoms. The van der Waals surface area contributed by atoms with Gasteiger partial charge in [0, 0.05) is 10.6 Å². The molecule has 0 aliphatic heterocycles. The zero-order valence-electron chi connectivity index (χ0n) is 13.7. The van der Waals surface area contributed by atoms with E-state index in [1.165, 1.54) is 23.1 Å². The number of nitrogens with two attached hydrogens (primary N) is 1.